The van der Waals surface area contributed by atoms with Crippen molar-refractivity contribution in [2.24, 2.45) is 0 Å². The third-order valence-corrected chi connectivity index (χ3v) is 2.68. The maximum absolute atomic E-state index is 11.7. The van der Waals surface area contributed by atoms with Crippen LogP contribution in [-0.4, -0.2) is 28.7 Å². The molecule has 88 valence electrons. The van der Waals surface area contributed by atoms with E-state index in [0.717, 1.165) is 37.6 Å². The fourth-order valence-corrected chi connectivity index (χ4v) is 1.97. The van der Waals surface area contributed by atoms with Crippen molar-refractivity contribution in [3.05, 3.63) is 11.5 Å². The van der Waals surface area contributed by atoms with Gasteiger partial charge in [-0.25, -0.2) is 9.78 Å². The number of hydrogen-bond acceptors (Lipinski definition) is 4. The predicted octanol–water partition coefficient (Wildman–Crippen LogP) is 1.44. The van der Waals surface area contributed by atoms with E-state index in [1.54, 1.807) is 6.92 Å². The van der Waals surface area contributed by atoms with E-state index in [9.17, 15) is 4.79 Å². The Morgan fingerprint density at radius 3 is 3.06 bits per heavy atom. The molecule has 16 heavy (non-hydrogen) atoms. The van der Waals surface area contributed by atoms with Gasteiger partial charge in [0.2, 0.25) is 0 Å². The molecule has 0 saturated heterocycles. The third-order valence-electron chi connectivity index (χ3n) is 2.68. The van der Waals surface area contributed by atoms with Crippen molar-refractivity contribution in [3.8, 4) is 0 Å². The second kappa shape index (κ2) is 4.55. The lowest BCUT2D eigenvalue weighted by atomic mass is 10.3. The molecule has 0 unspecified atom stereocenters. The number of imidazole rings is 1. The van der Waals surface area contributed by atoms with Gasteiger partial charge in [0.15, 0.2) is 5.69 Å². The molecule has 0 aliphatic carbocycles. The van der Waals surface area contributed by atoms with Gasteiger partial charge in [-0.05, 0) is 13.3 Å². The topological polar surface area (TPSA) is 56.1 Å². The van der Waals surface area contributed by atoms with E-state index < -0.39 is 0 Å². The highest BCUT2D eigenvalue weighted by molar-refractivity contribution is 5.93. The fourth-order valence-electron chi connectivity index (χ4n) is 1.97. The summed E-state index contributed by atoms with van der Waals surface area (Å²) in [5.74, 6) is 1.44. The van der Waals surface area contributed by atoms with Crippen LogP contribution >= 0.6 is 0 Å². The van der Waals surface area contributed by atoms with Crippen LogP contribution in [0.15, 0.2) is 0 Å². The smallest absolute Gasteiger partial charge is 0.360 e. The van der Waals surface area contributed by atoms with E-state index in [2.05, 4.69) is 14.9 Å². The quantitative estimate of drug-likeness (QED) is 0.788. The second-order valence-corrected chi connectivity index (χ2v) is 3.73. The van der Waals surface area contributed by atoms with E-state index in [-0.39, 0.29) is 5.97 Å². The van der Waals surface area contributed by atoms with Crippen LogP contribution in [0, 0.1) is 0 Å². The summed E-state index contributed by atoms with van der Waals surface area (Å²) in [4.78, 5) is 16.1. The Bertz CT molecular complexity index is 398. The molecule has 2 heterocycles. The molecule has 0 fully saturated rings. The van der Waals surface area contributed by atoms with E-state index in [0.29, 0.717) is 12.3 Å². The van der Waals surface area contributed by atoms with Gasteiger partial charge in [0.1, 0.15) is 11.6 Å². The van der Waals surface area contributed by atoms with Crippen LogP contribution in [0.3, 0.4) is 0 Å². The first kappa shape index (κ1) is 11.0. The minimum Gasteiger partial charge on any atom is -0.461 e. The van der Waals surface area contributed by atoms with E-state index >= 15 is 0 Å². The molecule has 0 atom stereocenters. The minimum absolute atomic E-state index is 0.333. The second-order valence-electron chi connectivity index (χ2n) is 3.73. The number of carbonyl (C=O) groups is 1. The number of hydrogen-bond donors (Lipinski definition) is 1. The van der Waals surface area contributed by atoms with E-state index in [1.807, 2.05) is 6.92 Å². The van der Waals surface area contributed by atoms with Gasteiger partial charge < -0.3 is 14.6 Å². The fraction of sp³-hybridized carbons (Fsp3) is 0.636. The van der Waals surface area contributed by atoms with Gasteiger partial charge in [-0.2, -0.15) is 0 Å². The Kier molecular flexibility index (Phi) is 3.12. The zero-order chi connectivity index (χ0) is 11.5. The molecule has 0 aromatic carbocycles. The lowest BCUT2D eigenvalue weighted by Crippen LogP contribution is -2.20. The van der Waals surface area contributed by atoms with Crippen LogP contribution in [0.5, 0.6) is 0 Å². The van der Waals surface area contributed by atoms with Crippen LogP contribution in [0.4, 0.5) is 5.82 Å². The highest BCUT2D eigenvalue weighted by Gasteiger charge is 2.24. The van der Waals surface area contributed by atoms with E-state index in [4.69, 9.17) is 4.74 Å². The third kappa shape index (κ3) is 1.77. The molecule has 0 amide bonds. The van der Waals surface area contributed by atoms with Crippen molar-refractivity contribution in [1.82, 2.24) is 9.55 Å². The summed E-state index contributed by atoms with van der Waals surface area (Å²) >= 11 is 0. The van der Waals surface area contributed by atoms with Crippen molar-refractivity contribution in [3.63, 3.8) is 0 Å². The molecule has 1 aromatic rings. The number of ether oxygens (including phenoxy) is 1. The van der Waals surface area contributed by atoms with Crippen LogP contribution in [0.1, 0.15) is 36.6 Å². The number of aryl methyl sites for hydroxylation is 1. The number of rotatable bonds is 3. The molecule has 5 heteroatoms. The van der Waals surface area contributed by atoms with Crippen molar-refractivity contribution in [2.45, 2.75) is 33.2 Å². The SMILES string of the molecule is CCOC(=O)c1nc(CC)n2c1NCCC2. The number of aromatic nitrogens is 2. The largest absolute Gasteiger partial charge is 0.461 e. The normalized spacial score (nSPS) is 14.1. The first-order valence-corrected chi connectivity index (χ1v) is 5.78. The molecule has 1 aliphatic rings. The van der Waals surface area contributed by atoms with Crippen molar-refractivity contribution in [2.75, 3.05) is 18.5 Å². The Morgan fingerprint density at radius 2 is 2.38 bits per heavy atom. The Hall–Kier alpha value is -1.52. The van der Waals surface area contributed by atoms with E-state index in [1.165, 1.54) is 0 Å². The van der Waals surface area contributed by atoms with Gasteiger partial charge in [-0.1, -0.05) is 6.92 Å². The number of carbonyl (C=O) groups excluding carboxylic acids is 1. The van der Waals surface area contributed by atoms with Crippen LogP contribution in [0.25, 0.3) is 0 Å². The maximum Gasteiger partial charge on any atom is 0.360 e. The first-order chi connectivity index (χ1) is 7.77. The molecular formula is C11H17N3O2. The Morgan fingerprint density at radius 1 is 1.56 bits per heavy atom. The number of nitrogens with zero attached hydrogens (tertiary/aromatic N) is 2. The minimum atomic E-state index is -0.333. The maximum atomic E-state index is 11.7. The van der Waals surface area contributed by atoms with Crippen molar-refractivity contribution >= 4 is 11.8 Å². The summed E-state index contributed by atoms with van der Waals surface area (Å²) in [6.07, 6.45) is 1.90. The molecule has 0 bridgehead atoms. The summed E-state index contributed by atoms with van der Waals surface area (Å²) in [6, 6.07) is 0. The van der Waals surface area contributed by atoms with Crippen molar-refractivity contribution in [1.29, 1.82) is 0 Å². The van der Waals surface area contributed by atoms with Crippen LogP contribution in [0.2, 0.25) is 0 Å². The zero-order valence-electron chi connectivity index (χ0n) is 9.75. The van der Waals surface area contributed by atoms with Gasteiger partial charge in [-0.15, -0.1) is 0 Å². The summed E-state index contributed by atoms with van der Waals surface area (Å²) in [6.45, 7) is 6.04. The van der Waals surface area contributed by atoms with Crippen LogP contribution < -0.4 is 5.32 Å². The standard InChI is InChI=1S/C11H17N3O2/c1-3-8-13-9(11(15)16-4-2)10-12-6-5-7-14(8)10/h12H,3-7H2,1-2H3. The number of nitrogens with one attached hydrogen (secondary N) is 1. The molecule has 0 saturated carbocycles. The van der Waals surface area contributed by atoms with Gasteiger partial charge in [0, 0.05) is 19.5 Å². The zero-order valence-corrected chi connectivity index (χ0v) is 9.75. The molecule has 5 nitrogen and oxygen atoms in total. The molecule has 0 spiro atoms. The summed E-state index contributed by atoms with van der Waals surface area (Å²) in [5, 5.41) is 3.22. The average Bonchev–Trinajstić information content (AvgIpc) is 2.68. The Labute approximate surface area is 94.8 Å². The lowest BCUT2D eigenvalue weighted by molar-refractivity contribution is 0.0521. The van der Waals surface area contributed by atoms with Crippen molar-refractivity contribution < 1.29 is 9.53 Å². The summed E-state index contributed by atoms with van der Waals surface area (Å²) < 4.78 is 7.08. The number of anilines is 1. The number of esters is 1. The molecular weight excluding hydrogens is 206 g/mol. The lowest BCUT2D eigenvalue weighted by Gasteiger charge is -2.18. The van der Waals surface area contributed by atoms with Crippen LogP contribution in [-0.2, 0) is 17.7 Å². The highest BCUT2D eigenvalue weighted by atomic mass is 16.5. The van der Waals surface area contributed by atoms with Gasteiger partial charge in [-0.3, -0.25) is 0 Å². The first-order valence-electron chi connectivity index (χ1n) is 5.78. The predicted molar refractivity (Wildman–Crippen MR) is 60.7 cm³/mol. The van der Waals surface area contributed by atoms with Gasteiger partial charge >= 0.3 is 5.97 Å². The molecule has 0 radical (unpaired) electrons. The summed E-state index contributed by atoms with van der Waals surface area (Å²) in [7, 11) is 0. The number of fused-ring (bicyclic) bond motifs is 1. The monoisotopic (exact) mass is 223 g/mol. The van der Waals surface area contributed by atoms with Gasteiger partial charge in [0.05, 0.1) is 6.61 Å². The highest BCUT2D eigenvalue weighted by Crippen LogP contribution is 2.23. The van der Waals surface area contributed by atoms with Gasteiger partial charge in [0.25, 0.3) is 0 Å². The molecule has 1 N–H and O–H groups in total. The molecule has 1 aliphatic heterocycles. The molecule has 2 rings (SSSR count). The summed E-state index contributed by atoms with van der Waals surface area (Å²) in [5.41, 5.74) is 0.429. The Balaban J connectivity index is 2.38. The average molecular weight is 223 g/mol. The molecule has 1 aromatic heterocycles.